The van der Waals surface area contributed by atoms with Crippen LogP contribution in [-0.4, -0.2) is 12.6 Å². The molecule has 1 atom stereocenters. The van der Waals surface area contributed by atoms with Crippen LogP contribution in [0.3, 0.4) is 0 Å². The molecule has 1 aliphatic rings. The Hall–Kier alpha value is -0.300. The fourth-order valence-electron chi connectivity index (χ4n) is 1.86. The molecule has 0 aromatic rings. The van der Waals surface area contributed by atoms with Gasteiger partial charge in [-0.15, -0.1) is 0 Å². The van der Waals surface area contributed by atoms with Gasteiger partial charge < -0.3 is 5.32 Å². The van der Waals surface area contributed by atoms with Crippen molar-refractivity contribution in [2.45, 2.75) is 45.6 Å². The third-order valence-corrected chi connectivity index (χ3v) is 2.60. The van der Waals surface area contributed by atoms with Gasteiger partial charge in [0.1, 0.15) is 0 Å². The molecule has 1 N–H and O–H groups in total. The van der Waals surface area contributed by atoms with Crippen molar-refractivity contribution >= 4 is 0 Å². The minimum atomic E-state index is 0.551. The van der Waals surface area contributed by atoms with E-state index in [0.717, 1.165) is 12.5 Å². The van der Waals surface area contributed by atoms with Crippen LogP contribution in [-0.2, 0) is 0 Å². The van der Waals surface area contributed by atoms with Gasteiger partial charge in [0.2, 0.25) is 0 Å². The Balaban J connectivity index is 2.18. The van der Waals surface area contributed by atoms with Gasteiger partial charge in [0, 0.05) is 6.04 Å². The minimum Gasteiger partial charge on any atom is -0.311 e. The summed E-state index contributed by atoms with van der Waals surface area (Å²) in [6.45, 7) is 5.44. The Labute approximate surface area is 76.2 Å². The summed E-state index contributed by atoms with van der Waals surface area (Å²) in [7, 11) is 0. The summed E-state index contributed by atoms with van der Waals surface area (Å²) in [5, 5.41) is 3.38. The van der Waals surface area contributed by atoms with Crippen LogP contribution in [0.4, 0.5) is 0 Å². The average Bonchev–Trinajstić information content (AvgIpc) is 2.53. The zero-order valence-electron chi connectivity index (χ0n) is 8.34. The second-order valence-electron chi connectivity index (χ2n) is 3.78. The average molecular weight is 167 g/mol. The lowest BCUT2D eigenvalue weighted by Gasteiger charge is -2.07. The number of hydrogen-bond acceptors (Lipinski definition) is 1. The molecule has 0 aliphatic heterocycles. The molecule has 1 saturated carbocycles. The number of rotatable bonds is 4. The van der Waals surface area contributed by atoms with Crippen molar-refractivity contribution in [2.75, 3.05) is 6.54 Å². The van der Waals surface area contributed by atoms with Crippen molar-refractivity contribution in [3.05, 3.63) is 12.2 Å². The first-order chi connectivity index (χ1) is 5.83. The number of hydrogen-bond donors (Lipinski definition) is 1. The van der Waals surface area contributed by atoms with Crippen molar-refractivity contribution < 1.29 is 0 Å². The molecule has 0 heterocycles. The summed E-state index contributed by atoms with van der Waals surface area (Å²) in [6.07, 6.45) is 10.4. The van der Waals surface area contributed by atoms with Gasteiger partial charge in [-0.3, -0.25) is 0 Å². The first-order valence-corrected chi connectivity index (χ1v) is 5.24. The van der Waals surface area contributed by atoms with Crippen molar-refractivity contribution in [1.82, 2.24) is 5.32 Å². The van der Waals surface area contributed by atoms with Gasteiger partial charge in [0.15, 0.2) is 0 Å². The normalized spacial score (nSPS) is 22.2. The van der Waals surface area contributed by atoms with Crippen LogP contribution in [0.25, 0.3) is 0 Å². The van der Waals surface area contributed by atoms with Crippen LogP contribution in [0.5, 0.6) is 0 Å². The Morgan fingerprint density at radius 2 is 2.08 bits per heavy atom. The molecule has 1 heteroatoms. The van der Waals surface area contributed by atoms with E-state index in [1.54, 1.807) is 0 Å². The third kappa shape index (κ3) is 3.40. The molecule has 1 unspecified atom stereocenters. The van der Waals surface area contributed by atoms with E-state index in [9.17, 15) is 0 Å². The van der Waals surface area contributed by atoms with E-state index in [1.807, 2.05) is 0 Å². The predicted molar refractivity (Wildman–Crippen MR) is 54.2 cm³/mol. The summed E-state index contributed by atoms with van der Waals surface area (Å²) in [5.74, 6) is 0.881. The maximum atomic E-state index is 3.38. The summed E-state index contributed by atoms with van der Waals surface area (Å²) >= 11 is 0. The zero-order chi connectivity index (χ0) is 8.81. The Morgan fingerprint density at radius 1 is 1.42 bits per heavy atom. The quantitative estimate of drug-likeness (QED) is 0.635. The number of likely N-dealkylation sites (N-methyl/N-ethyl adjacent to an activating group) is 1. The maximum Gasteiger partial charge on any atom is 0.0221 e. The van der Waals surface area contributed by atoms with Crippen LogP contribution in [0.1, 0.15) is 39.5 Å². The van der Waals surface area contributed by atoms with Crippen LogP contribution >= 0.6 is 0 Å². The molecule has 70 valence electrons. The van der Waals surface area contributed by atoms with Gasteiger partial charge in [-0.1, -0.05) is 31.9 Å². The van der Waals surface area contributed by atoms with E-state index in [0.29, 0.717) is 6.04 Å². The highest BCUT2D eigenvalue weighted by atomic mass is 14.9. The van der Waals surface area contributed by atoms with Gasteiger partial charge in [0.05, 0.1) is 0 Å². The molecule has 1 fully saturated rings. The lowest BCUT2D eigenvalue weighted by atomic mass is 10.1. The molecule has 0 bridgehead atoms. The second kappa shape index (κ2) is 5.36. The lowest BCUT2D eigenvalue weighted by Crippen LogP contribution is -2.23. The first kappa shape index (κ1) is 9.79. The van der Waals surface area contributed by atoms with Gasteiger partial charge in [-0.05, 0) is 32.2 Å². The number of nitrogens with one attached hydrogen (secondary N) is 1. The summed E-state index contributed by atoms with van der Waals surface area (Å²) in [5.41, 5.74) is 0. The molecular formula is C11H21N. The Morgan fingerprint density at radius 3 is 2.67 bits per heavy atom. The number of allylic oxidation sites excluding steroid dienone is 1. The largest absolute Gasteiger partial charge is 0.311 e. The molecule has 0 radical (unpaired) electrons. The SMILES string of the molecule is CCNC(C)/C=C/C1CCCC1. The summed E-state index contributed by atoms with van der Waals surface area (Å²) in [6, 6.07) is 0.551. The van der Waals surface area contributed by atoms with Gasteiger partial charge in [0.25, 0.3) is 0 Å². The topological polar surface area (TPSA) is 12.0 Å². The van der Waals surface area contributed by atoms with Gasteiger partial charge >= 0.3 is 0 Å². The van der Waals surface area contributed by atoms with Crippen molar-refractivity contribution in [2.24, 2.45) is 5.92 Å². The molecule has 0 saturated heterocycles. The van der Waals surface area contributed by atoms with Gasteiger partial charge in [-0.25, -0.2) is 0 Å². The highest BCUT2D eigenvalue weighted by Crippen LogP contribution is 2.25. The van der Waals surface area contributed by atoms with Crippen molar-refractivity contribution in [3.8, 4) is 0 Å². The minimum absolute atomic E-state index is 0.551. The van der Waals surface area contributed by atoms with E-state index in [2.05, 4.69) is 31.3 Å². The van der Waals surface area contributed by atoms with E-state index in [4.69, 9.17) is 0 Å². The fourth-order valence-corrected chi connectivity index (χ4v) is 1.86. The van der Waals surface area contributed by atoms with Crippen LogP contribution in [0.2, 0.25) is 0 Å². The Kier molecular flexibility index (Phi) is 4.37. The fraction of sp³-hybridized carbons (Fsp3) is 0.818. The van der Waals surface area contributed by atoms with E-state index < -0.39 is 0 Å². The maximum absolute atomic E-state index is 3.38. The molecule has 0 spiro atoms. The molecule has 1 aliphatic carbocycles. The van der Waals surface area contributed by atoms with Crippen molar-refractivity contribution in [3.63, 3.8) is 0 Å². The molecule has 0 amide bonds. The highest BCUT2D eigenvalue weighted by molar-refractivity contribution is 4.96. The van der Waals surface area contributed by atoms with E-state index >= 15 is 0 Å². The van der Waals surface area contributed by atoms with Crippen LogP contribution in [0, 0.1) is 5.92 Å². The standard InChI is InChI=1S/C11H21N/c1-3-12-10(2)8-9-11-6-4-5-7-11/h8-12H,3-7H2,1-2H3/b9-8+. The third-order valence-electron chi connectivity index (χ3n) is 2.60. The van der Waals surface area contributed by atoms with E-state index in [1.165, 1.54) is 25.7 Å². The molecular weight excluding hydrogens is 146 g/mol. The first-order valence-electron chi connectivity index (χ1n) is 5.24. The monoisotopic (exact) mass is 167 g/mol. The molecule has 1 nitrogen and oxygen atoms in total. The summed E-state index contributed by atoms with van der Waals surface area (Å²) < 4.78 is 0. The Bertz CT molecular complexity index is 134. The molecule has 1 rings (SSSR count). The van der Waals surface area contributed by atoms with Crippen LogP contribution < -0.4 is 5.32 Å². The highest BCUT2D eigenvalue weighted by Gasteiger charge is 2.11. The second-order valence-corrected chi connectivity index (χ2v) is 3.78. The van der Waals surface area contributed by atoms with Crippen LogP contribution in [0.15, 0.2) is 12.2 Å². The lowest BCUT2D eigenvalue weighted by molar-refractivity contribution is 0.639. The molecule has 12 heavy (non-hydrogen) atoms. The molecule has 0 aromatic heterocycles. The predicted octanol–water partition coefficient (Wildman–Crippen LogP) is 2.73. The molecule has 0 aromatic carbocycles. The van der Waals surface area contributed by atoms with Gasteiger partial charge in [-0.2, -0.15) is 0 Å². The van der Waals surface area contributed by atoms with E-state index in [-0.39, 0.29) is 0 Å². The summed E-state index contributed by atoms with van der Waals surface area (Å²) in [4.78, 5) is 0. The van der Waals surface area contributed by atoms with Crippen molar-refractivity contribution in [1.29, 1.82) is 0 Å². The smallest absolute Gasteiger partial charge is 0.0221 e. The zero-order valence-corrected chi connectivity index (χ0v) is 8.34.